The summed E-state index contributed by atoms with van der Waals surface area (Å²) >= 11 is 0. The lowest BCUT2D eigenvalue weighted by Crippen LogP contribution is -2.35. The summed E-state index contributed by atoms with van der Waals surface area (Å²) < 4.78 is 32.6. The van der Waals surface area contributed by atoms with Gasteiger partial charge in [-0.05, 0) is 49.4 Å². The number of ether oxygens (including phenoxy) is 1. The van der Waals surface area contributed by atoms with Crippen LogP contribution in [0.25, 0.3) is 0 Å². The predicted molar refractivity (Wildman–Crippen MR) is 123 cm³/mol. The van der Waals surface area contributed by atoms with Crippen LogP contribution in [-0.4, -0.2) is 44.3 Å². The van der Waals surface area contributed by atoms with Gasteiger partial charge in [0.05, 0.1) is 10.8 Å². The number of hydrogen-bond acceptors (Lipinski definition) is 5. The SMILES string of the molecule is CCC(C(=O)OCC(=O)Nc1cc(S(=O)(=O)N2CCCCC2)ccc1C)c1ccccc1. The number of piperidine rings is 1. The molecule has 0 spiro atoms. The molecule has 7 nitrogen and oxygen atoms in total. The van der Waals surface area contributed by atoms with Crippen LogP contribution in [0.15, 0.2) is 53.4 Å². The van der Waals surface area contributed by atoms with Crippen molar-refractivity contribution >= 4 is 27.6 Å². The van der Waals surface area contributed by atoms with Gasteiger partial charge in [-0.25, -0.2) is 8.42 Å². The summed E-state index contributed by atoms with van der Waals surface area (Å²) in [6.45, 7) is 4.24. The standard InChI is InChI=1S/C24H30N2O5S/c1-3-21(19-10-6-4-7-11-19)24(28)31-17-23(27)25-22-16-20(13-12-18(22)2)32(29,30)26-14-8-5-9-15-26/h4,6-7,10-13,16,21H,3,5,8-9,14-15,17H2,1-2H3,(H,25,27). The van der Waals surface area contributed by atoms with Crippen LogP contribution in [-0.2, 0) is 24.3 Å². The van der Waals surface area contributed by atoms with Crippen LogP contribution >= 0.6 is 0 Å². The van der Waals surface area contributed by atoms with Crippen LogP contribution in [0.1, 0.15) is 49.7 Å². The van der Waals surface area contributed by atoms with E-state index in [0.717, 1.165) is 30.4 Å². The first-order valence-corrected chi connectivity index (χ1v) is 12.4. The molecule has 3 rings (SSSR count). The first-order valence-electron chi connectivity index (χ1n) is 10.9. The highest BCUT2D eigenvalue weighted by atomic mass is 32.2. The highest BCUT2D eigenvalue weighted by Gasteiger charge is 2.27. The molecule has 172 valence electrons. The molecule has 0 bridgehead atoms. The van der Waals surface area contributed by atoms with Crippen molar-refractivity contribution in [2.75, 3.05) is 25.0 Å². The average molecular weight is 459 g/mol. The Bertz CT molecular complexity index is 1050. The number of esters is 1. The summed E-state index contributed by atoms with van der Waals surface area (Å²) in [6.07, 6.45) is 3.28. The van der Waals surface area contributed by atoms with Crippen molar-refractivity contribution in [3.8, 4) is 0 Å². The lowest BCUT2D eigenvalue weighted by molar-refractivity contribution is -0.149. The van der Waals surface area contributed by atoms with Crippen molar-refractivity contribution in [2.45, 2.75) is 50.3 Å². The maximum atomic E-state index is 12.9. The summed E-state index contributed by atoms with van der Waals surface area (Å²) in [5, 5.41) is 2.68. The highest BCUT2D eigenvalue weighted by Crippen LogP contribution is 2.25. The van der Waals surface area contributed by atoms with Crippen molar-refractivity contribution in [3.63, 3.8) is 0 Å². The zero-order chi connectivity index (χ0) is 23.1. The molecule has 1 aliphatic heterocycles. The number of nitrogens with one attached hydrogen (secondary N) is 1. The Balaban J connectivity index is 1.64. The zero-order valence-electron chi connectivity index (χ0n) is 18.5. The Hall–Kier alpha value is -2.71. The number of nitrogens with zero attached hydrogens (tertiary/aromatic N) is 1. The van der Waals surface area contributed by atoms with Gasteiger partial charge in [0, 0.05) is 18.8 Å². The molecule has 1 atom stereocenters. The van der Waals surface area contributed by atoms with Gasteiger partial charge in [0.1, 0.15) is 0 Å². The molecule has 0 aliphatic carbocycles. The van der Waals surface area contributed by atoms with Gasteiger partial charge in [-0.3, -0.25) is 9.59 Å². The second kappa shape index (κ2) is 10.7. The third kappa shape index (κ3) is 5.75. The van der Waals surface area contributed by atoms with Crippen molar-refractivity contribution in [1.82, 2.24) is 4.31 Å². The van der Waals surface area contributed by atoms with Gasteiger partial charge in [0.2, 0.25) is 10.0 Å². The number of rotatable bonds is 8. The minimum Gasteiger partial charge on any atom is -0.455 e. The molecule has 2 aromatic rings. The molecule has 1 heterocycles. The topological polar surface area (TPSA) is 92.8 Å². The minimum absolute atomic E-state index is 0.146. The summed E-state index contributed by atoms with van der Waals surface area (Å²) in [4.78, 5) is 25.0. The van der Waals surface area contributed by atoms with Crippen LogP contribution in [0.3, 0.4) is 0 Å². The van der Waals surface area contributed by atoms with E-state index >= 15 is 0 Å². The van der Waals surface area contributed by atoms with E-state index in [-0.39, 0.29) is 4.90 Å². The van der Waals surface area contributed by atoms with Crippen LogP contribution in [0.4, 0.5) is 5.69 Å². The molecule has 0 saturated carbocycles. The third-order valence-corrected chi connectivity index (χ3v) is 7.57. The van der Waals surface area contributed by atoms with E-state index < -0.39 is 34.4 Å². The number of aryl methyl sites for hydroxylation is 1. The quantitative estimate of drug-likeness (QED) is 0.607. The molecule has 1 N–H and O–H groups in total. The van der Waals surface area contributed by atoms with E-state index in [1.165, 1.54) is 10.4 Å². The van der Waals surface area contributed by atoms with E-state index in [0.29, 0.717) is 25.2 Å². The Morgan fingerprint density at radius 3 is 2.41 bits per heavy atom. The Labute approximate surface area is 189 Å². The van der Waals surface area contributed by atoms with Gasteiger partial charge in [-0.15, -0.1) is 0 Å². The molecular weight excluding hydrogens is 428 g/mol. The van der Waals surface area contributed by atoms with E-state index in [2.05, 4.69) is 5.32 Å². The van der Waals surface area contributed by atoms with Gasteiger partial charge < -0.3 is 10.1 Å². The molecule has 2 aromatic carbocycles. The van der Waals surface area contributed by atoms with E-state index in [9.17, 15) is 18.0 Å². The lowest BCUT2D eigenvalue weighted by Gasteiger charge is -2.26. The number of hydrogen-bond donors (Lipinski definition) is 1. The van der Waals surface area contributed by atoms with Gasteiger partial charge in [0.15, 0.2) is 6.61 Å². The average Bonchev–Trinajstić information content (AvgIpc) is 2.81. The van der Waals surface area contributed by atoms with Gasteiger partial charge >= 0.3 is 5.97 Å². The molecule has 1 unspecified atom stereocenters. The van der Waals surface area contributed by atoms with Crippen molar-refractivity contribution in [1.29, 1.82) is 0 Å². The summed E-state index contributed by atoms with van der Waals surface area (Å²) in [7, 11) is -3.61. The number of benzene rings is 2. The van der Waals surface area contributed by atoms with E-state index in [1.54, 1.807) is 19.1 Å². The number of anilines is 1. The number of amides is 1. The molecular formula is C24H30N2O5S. The number of carbonyl (C=O) groups is 2. The molecule has 8 heteroatoms. The van der Waals surface area contributed by atoms with E-state index in [4.69, 9.17) is 4.74 Å². The first-order chi connectivity index (χ1) is 15.3. The van der Waals surface area contributed by atoms with Crippen molar-refractivity contribution in [3.05, 3.63) is 59.7 Å². The maximum Gasteiger partial charge on any atom is 0.313 e. The summed E-state index contributed by atoms with van der Waals surface area (Å²) in [5.74, 6) is -1.42. The van der Waals surface area contributed by atoms with Crippen LogP contribution in [0, 0.1) is 6.92 Å². The largest absolute Gasteiger partial charge is 0.455 e. The third-order valence-electron chi connectivity index (χ3n) is 5.68. The van der Waals surface area contributed by atoms with Crippen molar-refractivity contribution < 1.29 is 22.7 Å². The fourth-order valence-electron chi connectivity index (χ4n) is 3.80. The van der Waals surface area contributed by atoms with Gasteiger partial charge in [0.25, 0.3) is 5.91 Å². The fraction of sp³-hybridized carbons (Fsp3) is 0.417. The Morgan fingerprint density at radius 1 is 1.06 bits per heavy atom. The maximum absolute atomic E-state index is 12.9. The monoisotopic (exact) mass is 458 g/mol. The van der Waals surface area contributed by atoms with Gasteiger partial charge in [-0.2, -0.15) is 4.31 Å². The lowest BCUT2D eigenvalue weighted by atomic mass is 9.97. The first kappa shape index (κ1) is 23.9. The molecule has 0 aromatic heterocycles. The Morgan fingerprint density at radius 2 is 1.75 bits per heavy atom. The number of sulfonamides is 1. The molecule has 1 saturated heterocycles. The smallest absolute Gasteiger partial charge is 0.313 e. The van der Waals surface area contributed by atoms with E-state index in [1.807, 2.05) is 37.3 Å². The van der Waals surface area contributed by atoms with Crippen LogP contribution in [0.5, 0.6) is 0 Å². The summed E-state index contributed by atoms with van der Waals surface area (Å²) in [5.41, 5.74) is 1.95. The zero-order valence-corrected chi connectivity index (χ0v) is 19.4. The predicted octanol–water partition coefficient (Wildman–Crippen LogP) is 3.85. The van der Waals surface area contributed by atoms with Crippen molar-refractivity contribution in [2.24, 2.45) is 0 Å². The normalized spacial score (nSPS) is 15.7. The van der Waals surface area contributed by atoms with Crippen LogP contribution < -0.4 is 5.32 Å². The minimum atomic E-state index is -3.61. The highest BCUT2D eigenvalue weighted by molar-refractivity contribution is 7.89. The molecule has 1 aliphatic rings. The molecule has 1 fully saturated rings. The Kier molecular flexibility index (Phi) is 8.04. The second-order valence-electron chi connectivity index (χ2n) is 7.97. The van der Waals surface area contributed by atoms with Crippen LogP contribution in [0.2, 0.25) is 0 Å². The summed E-state index contributed by atoms with van der Waals surface area (Å²) in [6, 6.07) is 14.0. The second-order valence-corrected chi connectivity index (χ2v) is 9.91. The number of carbonyl (C=O) groups excluding carboxylic acids is 2. The molecule has 1 amide bonds. The molecule has 32 heavy (non-hydrogen) atoms. The fourth-order valence-corrected chi connectivity index (χ4v) is 5.34. The molecule has 0 radical (unpaired) electrons. The van der Waals surface area contributed by atoms with Gasteiger partial charge in [-0.1, -0.05) is 49.7 Å².